The first-order chi connectivity index (χ1) is 15.5. The summed E-state index contributed by atoms with van der Waals surface area (Å²) in [7, 11) is 0. The van der Waals surface area contributed by atoms with Gasteiger partial charge in [0.05, 0.1) is 24.5 Å². The van der Waals surface area contributed by atoms with Crippen molar-refractivity contribution in [2.24, 2.45) is 0 Å². The van der Waals surface area contributed by atoms with Crippen molar-refractivity contribution in [1.82, 2.24) is 15.5 Å². The smallest absolute Gasteiger partial charge is 0.414 e. The Morgan fingerprint density at radius 1 is 1.28 bits per heavy atom. The summed E-state index contributed by atoms with van der Waals surface area (Å²) >= 11 is 0. The number of aromatic amines is 1. The van der Waals surface area contributed by atoms with Gasteiger partial charge in [0.1, 0.15) is 11.9 Å². The van der Waals surface area contributed by atoms with Crippen LogP contribution in [0.3, 0.4) is 0 Å². The van der Waals surface area contributed by atoms with E-state index in [1.54, 1.807) is 11.0 Å². The molecule has 1 fully saturated rings. The minimum atomic E-state index is -0.412. The monoisotopic (exact) mass is 434 g/mol. The lowest BCUT2D eigenvalue weighted by atomic mass is 9.99. The summed E-state index contributed by atoms with van der Waals surface area (Å²) < 4.78 is 19.1. The molecule has 8 heteroatoms. The zero-order valence-corrected chi connectivity index (χ0v) is 17.7. The van der Waals surface area contributed by atoms with Crippen molar-refractivity contribution in [2.45, 2.75) is 32.3 Å². The highest BCUT2D eigenvalue weighted by atomic mass is 19.1. The van der Waals surface area contributed by atoms with Gasteiger partial charge in [0.2, 0.25) is 5.91 Å². The highest BCUT2D eigenvalue weighted by Crippen LogP contribution is 2.38. The molecule has 32 heavy (non-hydrogen) atoms. The first kappa shape index (κ1) is 20.2. The molecule has 0 radical (unpaired) electrons. The minimum Gasteiger partial charge on any atom is -0.442 e. The zero-order valence-electron chi connectivity index (χ0n) is 17.7. The molecule has 0 unspecified atom stereocenters. The van der Waals surface area contributed by atoms with Crippen molar-refractivity contribution in [1.29, 1.82) is 0 Å². The number of amides is 2. The van der Waals surface area contributed by atoms with Gasteiger partial charge < -0.3 is 10.1 Å². The van der Waals surface area contributed by atoms with Gasteiger partial charge in [-0.05, 0) is 49.1 Å². The summed E-state index contributed by atoms with van der Waals surface area (Å²) in [5, 5.41) is 10.3. The number of H-pyrrole nitrogens is 1. The molecule has 0 bridgehead atoms. The highest BCUT2D eigenvalue weighted by Gasteiger charge is 2.33. The second-order valence-corrected chi connectivity index (χ2v) is 8.18. The van der Waals surface area contributed by atoms with E-state index in [0.29, 0.717) is 13.1 Å². The summed E-state index contributed by atoms with van der Waals surface area (Å²) in [5.41, 5.74) is 6.49. The Balaban J connectivity index is 1.44. The molecule has 3 aromatic rings. The predicted molar refractivity (Wildman–Crippen MR) is 118 cm³/mol. The molecule has 1 atom stereocenters. The Bertz CT molecular complexity index is 1210. The molecule has 1 aliphatic heterocycles. The molecule has 0 saturated carbocycles. The molecule has 2 heterocycles. The number of hydrogen-bond donors (Lipinski definition) is 2. The quantitative estimate of drug-likeness (QED) is 0.653. The number of halogens is 1. The third-order valence-corrected chi connectivity index (χ3v) is 5.96. The van der Waals surface area contributed by atoms with E-state index in [9.17, 15) is 14.0 Å². The van der Waals surface area contributed by atoms with Crippen LogP contribution in [0.2, 0.25) is 0 Å². The highest BCUT2D eigenvalue weighted by molar-refractivity contribution is 5.91. The maximum Gasteiger partial charge on any atom is 0.414 e. The van der Waals surface area contributed by atoms with Crippen LogP contribution in [-0.2, 0) is 22.4 Å². The Hall–Kier alpha value is -3.68. The molecule has 2 aromatic carbocycles. The topological polar surface area (TPSA) is 87.3 Å². The van der Waals surface area contributed by atoms with Gasteiger partial charge in [0.15, 0.2) is 0 Å². The van der Waals surface area contributed by atoms with Crippen molar-refractivity contribution in [3.8, 4) is 22.5 Å². The number of benzene rings is 2. The fourth-order valence-electron chi connectivity index (χ4n) is 4.46. The minimum absolute atomic E-state index is 0.155. The van der Waals surface area contributed by atoms with Crippen LogP contribution < -0.4 is 10.2 Å². The lowest BCUT2D eigenvalue weighted by Crippen LogP contribution is -2.33. The van der Waals surface area contributed by atoms with Gasteiger partial charge in [-0.15, -0.1) is 0 Å². The van der Waals surface area contributed by atoms with Crippen LogP contribution in [0, 0.1) is 5.82 Å². The van der Waals surface area contributed by atoms with Crippen molar-refractivity contribution in [3.63, 3.8) is 0 Å². The van der Waals surface area contributed by atoms with Gasteiger partial charge in [-0.1, -0.05) is 18.2 Å². The van der Waals surface area contributed by atoms with Crippen molar-refractivity contribution in [3.05, 3.63) is 59.4 Å². The number of aromatic nitrogens is 2. The summed E-state index contributed by atoms with van der Waals surface area (Å²) in [4.78, 5) is 25.1. The summed E-state index contributed by atoms with van der Waals surface area (Å²) in [5.74, 6) is -0.440. The van der Waals surface area contributed by atoms with Crippen molar-refractivity contribution < 1.29 is 18.7 Å². The molecule has 2 N–H and O–H groups in total. The van der Waals surface area contributed by atoms with E-state index in [1.807, 2.05) is 24.3 Å². The number of nitrogens with zero attached hydrogens (tertiary/aromatic N) is 2. The molecule has 1 saturated heterocycles. The molecule has 2 aliphatic rings. The fraction of sp³-hybridized carbons (Fsp3) is 0.292. The number of carbonyl (C=O) groups excluding carboxylic acids is 2. The van der Waals surface area contributed by atoms with Gasteiger partial charge in [0.25, 0.3) is 0 Å². The molecule has 1 aromatic heterocycles. The molecular weight excluding hydrogens is 411 g/mol. The van der Waals surface area contributed by atoms with E-state index in [1.165, 1.54) is 19.1 Å². The number of hydrogen-bond acceptors (Lipinski definition) is 4. The van der Waals surface area contributed by atoms with Gasteiger partial charge in [-0.3, -0.25) is 14.8 Å². The SMILES string of the molecule is CC(=O)NC[C@H]1CN(c2ccc3c(c2)CCCc2c(-c4cccc(F)c4)n[nH]c2-3)C(=O)O1. The maximum atomic E-state index is 13.7. The van der Waals surface area contributed by atoms with Crippen molar-refractivity contribution >= 4 is 17.7 Å². The number of aryl methyl sites for hydroxylation is 1. The van der Waals surface area contributed by atoms with Crippen LogP contribution >= 0.6 is 0 Å². The van der Waals surface area contributed by atoms with E-state index >= 15 is 0 Å². The van der Waals surface area contributed by atoms with E-state index in [0.717, 1.165) is 58.6 Å². The van der Waals surface area contributed by atoms with E-state index in [-0.39, 0.29) is 17.8 Å². The van der Waals surface area contributed by atoms with Gasteiger partial charge in [-0.25, -0.2) is 9.18 Å². The average Bonchev–Trinajstić information content (AvgIpc) is 3.31. The van der Waals surface area contributed by atoms with Crippen LogP contribution in [0.1, 0.15) is 24.5 Å². The molecular formula is C24H23FN4O3. The number of ether oxygens (including phenoxy) is 1. The number of anilines is 1. The van der Waals surface area contributed by atoms with Crippen molar-refractivity contribution in [2.75, 3.05) is 18.0 Å². The molecule has 5 rings (SSSR count). The standard InChI is InChI=1S/C24H23FN4O3/c1-14(30)26-12-19-13-29(24(31)32-19)18-8-9-20-15(11-18)4-3-7-21-22(27-28-23(20)21)16-5-2-6-17(25)10-16/h2,5-6,8-11,19H,3-4,7,12-13H2,1H3,(H,26,30)(H,27,28)/t19-/m0/s1. The second-order valence-electron chi connectivity index (χ2n) is 8.18. The second kappa shape index (κ2) is 8.11. The normalized spacial score (nSPS) is 17.4. The third kappa shape index (κ3) is 3.72. The maximum absolute atomic E-state index is 13.7. The number of cyclic esters (lactones) is 1. The molecule has 164 valence electrons. The lowest BCUT2D eigenvalue weighted by Gasteiger charge is -2.16. The molecule has 0 spiro atoms. The average molecular weight is 434 g/mol. The Labute approximate surface area is 184 Å². The fourth-order valence-corrected chi connectivity index (χ4v) is 4.46. The largest absolute Gasteiger partial charge is 0.442 e. The Kier molecular flexibility index (Phi) is 5.13. The van der Waals surface area contributed by atoms with Crippen LogP contribution in [0.15, 0.2) is 42.5 Å². The Morgan fingerprint density at radius 2 is 2.16 bits per heavy atom. The molecule has 2 amide bonds. The zero-order chi connectivity index (χ0) is 22.2. The van der Waals surface area contributed by atoms with Crippen LogP contribution in [0.25, 0.3) is 22.5 Å². The van der Waals surface area contributed by atoms with Gasteiger partial charge in [0, 0.05) is 29.3 Å². The first-order valence-corrected chi connectivity index (χ1v) is 10.7. The summed E-state index contributed by atoms with van der Waals surface area (Å²) in [6.45, 7) is 2.12. The van der Waals surface area contributed by atoms with Gasteiger partial charge >= 0.3 is 6.09 Å². The predicted octanol–water partition coefficient (Wildman–Crippen LogP) is 3.83. The first-order valence-electron chi connectivity index (χ1n) is 10.7. The number of rotatable bonds is 4. The van der Waals surface area contributed by atoms with E-state index < -0.39 is 6.09 Å². The summed E-state index contributed by atoms with van der Waals surface area (Å²) in [6, 6.07) is 12.4. The third-order valence-electron chi connectivity index (χ3n) is 5.96. The van der Waals surface area contributed by atoms with Crippen LogP contribution in [0.5, 0.6) is 0 Å². The lowest BCUT2D eigenvalue weighted by molar-refractivity contribution is -0.119. The van der Waals surface area contributed by atoms with Crippen LogP contribution in [-0.4, -0.2) is 41.4 Å². The van der Waals surface area contributed by atoms with Crippen LogP contribution in [0.4, 0.5) is 14.9 Å². The summed E-state index contributed by atoms with van der Waals surface area (Å²) in [6.07, 6.45) is 1.81. The number of nitrogens with one attached hydrogen (secondary N) is 2. The number of fused-ring (bicyclic) bond motifs is 3. The Morgan fingerprint density at radius 3 is 2.97 bits per heavy atom. The number of carbonyl (C=O) groups is 2. The molecule has 7 nitrogen and oxygen atoms in total. The van der Waals surface area contributed by atoms with E-state index in [4.69, 9.17) is 4.74 Å². The van der Waals surface area contributed by atoms with Gasteiger partial charge in [-0.2, -0.15) is 5.10 Å². The molecule has 1 aliphatic carbocycles. The van der Waals surface area contributed by atoms with E-state index in [2.05, 4.69) is 15.5 Å².